The fourth-order valence-corrected chi connectivity index (χ4v) is 2.52. The van der Waals surface area contributed by atoms with Gasteiger partial charge in [-0.3, -0.25) is 4.90 Å². The lowest BCUT2D eigenvalue weighted by molar-refractivity contribution is 0.190. The van der Waals surface area contributed by atoms with Crippen LogP contribution >= 0.6 is 24.0 Å². The first-order valence-corrected chi connectivity index (χ1v) is 7.39. The topological polar surface area (TPSA) is 54.2 Å². The number of benzene rings is 1. The minimum absolute atomic E-state index is 0. The maximum absolute atomic E-state index is 13.1. The molecule has 0 bridgehead atoms. The highest BCUT2D eigenvalue weighted by Crippen LogP contribution is 2.20. The highest BCUT2D eigenvalue weighted by Gasteiger charge is 2.24. The lowest BCUT2D eigenvalue weighted by Gasteiger charge is -2.30. The molecular formula is C15H17Cl2FN4O. The Balaban J connectivity index is 0.00000192. The fraction of sp³-hybridized carbons (Fsp3) is 0.333. The summed E-state index contributed by atoms with van der Waals surface area (Å²) in [6, 6.07) is 4.61. The summed E-state index contributed by atoms with van der Waals surface area (Å²) in [4.78, 5) is 6.58. The third-order valence-corrected chi connectivity index (χ3v) is 3.92. The van der Waals surface area contributed by atoms with Gasteiger partial charge in [0.1, 0.15) is 5.82 Å². The molecule has 0 aliphatic carbocycles. The molecule has 1 aliphatic rings. The summed E-state index contributed by atoms with van der Waals surface area (Å²) in [6.45, 7) is 2.70. The highest BCUT2D eigenvalue weighted by atomic mass is 35.5. The van der Waals surface area contributed by atoms with E-state index < -0.39 is 5.82 Å². The lowest BCUT2D eigenvalue weighted by atomic mass is 10.2. The number of piperazine rings is 1. The number of aromatic nitrogens is 2. The van der Waals surface area contributed by atoms with Gasteiger partial charge in [0.05, 0.1) is 11.1 Å². The van der Waals surface area contributed by atoms with Crippen molar-refractivity contribution in [2.24, 2.45) is 0 Å². The summed E-state index contributed by atoms with van der Waals surface area (Å²) in [5.74, 6) is 0.632. The molecule has 0 amide bonds. The fourth-order valence-electron chi connectivity index (χ4n) is 2.33. The van der Waals surface area contributed by atoms with Crippen LogP contribution in [-0.4, -0.2) is 41.7 Å². The molecule has 124 valence electrons. The Morgan fingerprint density at radius 1 is 1.43 bits per heavy atom. The van der Waals surface area contributed by atoms with Crippen molar-refractivity contribution in [2.75, 3.05) is 26.7 Å². The van der Waals surface area contributed by atoms with Gasteiger partial charge in [-0.1, -0.05) is 22.8 Å². The Hall–Kier alpha value is -1.47. The lowest BCUT2D eigenvalue weighted by Crippen LogP contribution is -2.44. The average Bonchev–Trinajstić information content (AvgIpc) is 2.98. The maximum Gasteiger partial charge on any atom is 0.250 e. The van der Waals surface area contributed by atoms with Gasteiger partial charge < -0.3 is 9.84 Å². The molecule has 1 aromatic heterocycles. The smallest absolute Gasteiger partial charge is 0.250 e. The molecule has 1 fully saturated rings. The summed E-state index contributed by atoms with van der Waals surface area (Å²) in [5, 5.41) is 7.43. The number of nitrogens with one attached hydrogen (secondary N) is 1. The standard InChI is InChI=1S/C15H16ClFN4O.ClH/c1-21-7-6-18-9-13(21)15-19-14(22-20-15)5-3-10-2-4-12(17)11(16)8-10;/h2-5,8,13,18H,6-7,9H2,1H3;1H/b5-3+;. The molecule has 1 saturated heterocycles. The Morgan fingerprint density at radius 2 is 2.26 bits per heavy atom. The summed E-state index contributed by atoms with van der Waals surface area (Å²) in [6.07, 6.45) is 3.45. The molecule has 1 unspecified atom stereocenters. The van der Waals surface area contributed by atoms with Crippen molar-refractivity contribution in [1.82, 2.24) is 20.4 Å². The van der Waals surface area contributed by atoms with Gasteiger partial charge >= 0.3 is 0 Å². The number of hydrogen-bond acceptors (Lipinski definition) is 5. The molecule has 1 aromatic carbocycles. The van der Waals surface area contributed by atoms with Crippen molar-refractivity contribution >= 4 is 36.2 Å². The molecule has 1 atom stereocenters. The van der Waals surface area contributed by atoms with E-state index in [0.29, 0.717) is 11.7 Å². The van der Waals surface area contributed by atoms with Crippen LogP contribution in [0.3, 0.4) is 0 Å². The summed E-state index contributed by atoms with van der Waals surface area (Å²) in [5.41, 5.74) is 0.766. The predicted octanol–water partition coefficient (Wildman–Crippen LogP) is 3.03. The van der Waals surface area contributed by atoms with Crippen LogP contribution in [0.1, 0.15) is 23.3 Å². The van der Waals surface area contributed by atoms with Crippen molar-refractivity contribution in [3.63, 3.8) is 0 Å². The molecule has 8 heteroatoms. The summed E-state index contributed by atoms with van der Waals surface area (Å²) in [7, 11) is 2.04. The van der Waals surface area contributed by atoms with E-state index >= 15 is 0 Å². The zero-order valence-corrected chi connectivity index (χ0v) is 14.1. The van der Waals surface area contributed by atoms with E-state index in [4.69, 9.17) is 16.1 Å². The Bertz CT molecular complexity index is 692. The third-order valence-electron chi connectivity index (χ3n) is 3.63. The van der Waals surface area contributed by atoms with Crippen molar-refractivity contribution in [1.29, 1.82) is 0 Å². The minimum Gasteiger partial charge on any atom is -0.335 e. The van der Waals surface area contributed by atoms with Crippen LogP contribution in [0, 0.1) is 5.82 Å². The van der Waals surface area contributed by atoms with Gasteiger partial charge in [0.2, 0.25) is 0 Å². The molecule has 2 heterocycles. The Labute approximate surface area is 144 Å². The van der Waals surface area contributed by atoms with Crippen molar-refractivity contribution in [2.45, 2.75) is 6.04 Å². The normalized spacial score (nSPS) is 19.0. The molecule has 5 nitrogen and oxygen atoms in total. The van der Waals surface area contributed by atoms with Gasteiger partial charge in [0.25, 0.3) is 5.89 Å². The molecule has 3 rings (SSSR count). The van der Waals surface area contributed by atoms with E-state index in [1.165, 1.54) is 6.07 Å². The van der Waals surface area contributed by atoms with Crippen LogP contribution in [0.2, 0.25) is 5.02 Å². The number of hydrogen-bond donors (Lipinski definition) is 1. The van der Waals surface area contributed by atoms with E-state index in [2.05, 4.69) is 20.4 Å². The molecule has 0 radical (unpaired) electrons. The largest absolute Gasteiger partial charge is 0.335 e. The monoisotopic (exact) mass is 358 g/mol. The average molecular weight is 359 g/mol. The van der Waals surface area contributed by atoms with E-state index in [0.717, 1.165) is 25.2 Å². The number of likely N-dealkylation sites (N-methyl/N-ethyl adjacent to an activating group) is 1. The highest BCUT2D eigenvalue weighted by molar-refractivity contribution is 6.30. The van der Waals surface area contributed by atoms with Gasteiger partial charge in [0.15, 0.2) is 5.82 Å². The molecule has 0 spiro atoms. The van der Waals surface area contributed by atoms with E-state index in [-0.39, 0.29) is 23.5 Å². The zero-order valence-electron chi connectivity index (χ0n) is 12.5. The van der Waals surface area contributed by atoms with Crippen LogP contribution in [0.5, 0.6) is 0 Å². The maximum atomic E-state index is 13.1. The second-order valence-electron chi connectivity index (χ2n) is 5.20. The van der Waals surface area contributed by atoms with Crippen LogP contribution in [0.15, 0.2) is 22.7 Å². The van der Waals surface area contributed by atoms with Gasteiger partial charge in [-0.25, -0.2) is 4.39 Å². The Kier molecular flexibility index (Phi) is 6.12. The molecule has 1 aliphatic heterocycles. The molecule has 1 N–H and O–H groups in total. The molecule has 23 heavy (non-hydrogen) atoms. The van der Waals surface area contributed by atoms with E-state index in [1.807, 2.05) is 7.05 Å². The molecular weight excluding hydrogens is 342 g/mol. The zero-order chi connectivity index (χ0) is 15.5. The molecule has 2 aromatic rings. The predicted molar refractivity (Wildman–Crippen MR) is 90.1 cm³/mol. The van der Waals surface area contributed by atoms with Crippen LogP contribution in [-0.2, 0) is 0 Å². The van der Waals surface area contributed by atoms with Gasteiger partial charge in [0, 0.05) is 25.7 Å². The third kappa shape index (κ3) is 4.29. The Morgan fingerprint density at radius 3 is 3.00 bits per heavy atom. The molecule has 0 saturated carbocycles. The first-order valence-electron chi connectivity index (χ1n) is 7.01. The van der Waals surface area contributed by atoms with E-state index in [1.54, 1.807) is 24.3 Å². The van der Waals surface area contributed by atoms with Gasteiger partial charge in [-0.15, -0.1) is 12.4 Å². The van der Waals surface area contributed by atoms with Crippen molar-refractivity contribution in [3.8, 4) is 0 Å². The van der Waals surface area contributed by atoms with E-state index in [9.17, 15) is 4.39 Å². The quantitative estimate of drug-likeness (QED) is 0.913. The van der Waals surface area contributed by atoms with Crippen LogP contribution in [0.25, 0.3) is 12.2 Å². The summed E-state index contributed by atoms with van der Waals surface area (Å²) < 4.78 is 18.3. The van der Waals surface area contributed by atoms with Crippen LogP contribution in [0.4, 0.5) is 4.39 Å². The van der Waals surface area contributed by atoms with Crippen molar-refractivity contribution in [3.05, 3.63) is 46.3 Å². The van der Waals surface area contributed by atoms with Gasteiger partial charge in [-0.05, 0) is 30.8 Å². The second-order valence-corrected chi connectivity index (χ2v) is 5.61. The number of halogens is 3. The first kappa shape index (κ1) is 17.9. The van der Waals surface area contributed by atoms with Crippen molar-refractivity contribution < 1.29 is 8.91 Å². The first-order chi connectivity index (χ1) is 10.6. The second kappa shape index (κ2) is 7.88. The van der Waals surface area contributed by atoms with Crippen LogP contribution < -0.4 is 5.32 Å². The van der Waals surface area contributed by atoms with Gasteiger partial charge in [-0.2, -0.15) is 4.98 Å². The SMILES string of the molecule is CN1CCNCC1c1noc(/C=C/c2ccc(F)c(Cl)c2)n1.Cl. The number of rotatable bonds is 3. The minimum atomic E-state index is -0.438. The number of nitrogens with zero attached hydrogens (tertiary/aromatic N) is 3. The summed E-state index contributed by atoms with van der Waals surface area (Å²) >= 11 is 5.74.